The van der Waals surface area contributed by atoms with E-state index in [0.717, 1.165) is 32.5 Å². The molecule has 2 aromatic rings. The lowest BCUT2D eigenvalue weighted by molar-refractivity contribution is -0.134. The number of hydrogen-bond donors (Lipinski definition) is 0. The summed E-state index contributed by atoms with van der Waals surface area (Å²) in [5, 5.41) is 4.90. The van der Waals surface area contributed by atoms with Crippen molar-refractivity contribution in [2.75, 3.05) is 19.7 Å². The average Bonchev–Trinajstić information content (AvgIpc) is 3.08. The van der Waals surface area contributed by atoms with Crippen LogP contribution < -0.4 is 4.74 Å². The summed E-state index contributed by atoms with van der Waals surface area (Å²) >= 11 is 5.82. The largest absolute Gasteiger partial charge is 0.484 e. The third-order valence-electron chi connectivity index (χ3n) is 4.15. The number of halogens is 1. The Labute approximate surface area is 140 Å². The van der Waals surface area contributed by atoms with Gasteiger partial charge < -0.3 is 9.64 Å². The molecular weight excluding hydrogens is 314 g/mol. The molecule has 1 aliphatic heterocycles. The van der Waals surface area contributed by atoms with Crippen molar-refractivity contribution in [3.8, 4) is 5.75 Å². The van der Waals surface area contributed by atoms with Crippen molar-refractivity contribution in [3.63, 3.8) is 0 Å². The summed E-state index contributed by atoms with van der Waals surface area (Å²) in [6.07, 6.45) is 5.79. The number of likely N-dealkylation sites (tertiary alicyclic amines) is 1. The van der Waals surface area contributed by atoms with Crippen molar-refractivity contribution in [2.24, 2.45) is 5.92 Å². The molecule has 0 spiro atoms. The number of amides is 1. The molecular formula is C17H20ClN3O2. The number of aromatic nitrogens is 2. The van der Waals surface area contributed by atoms with Crippen LogP contribution in [0.3, 0.4) is 0 Å². The fourth-order valence-corrected chi connectivity index (χ4v) is 2.93. The van der Waals surface area contributed by atoms with Gasteiger partial charge in [0.2, 0.25) is 0 Å². The summed E-state index contributed by atoms with van der Waals surface area (Å²) in [5.74, 6) is 1.28. The van der Waals surface area contributed by atoms with Crippen molar-refractivity contribution < 1.29 is 9.53 Å². The van der Waals surface area contributed by atoms with E-state index in [0.29, 0.717) is 16.7 Å². The normalized spacial score (nSPS) is 15.6. The van der Waals surface area contributed by atoms with Crippen molar-refractivity contribution in [1.29, 1.82) is 0 Å². The van der Waals surface area contributed by atoms with Gasteiger partial charge in [0.05, 0.1) is 0 Å². The molecule has 3 rings (SSSR count). The first kappa shape index (κ1) is 15.9. The fourth-order valence-electron chi connectivity index (χ4n) is 2.81. The standard InChI is InChI=1S/C17H20ClN3O2/c18-15-2-4-16(5-3-15)23-13-17(22)20-10-6-14(7-11-20)12-21-9-1-8-19-21/h1-5,8-9,14H,6-7,10-13H2. The van der Waals surface area contributed by atoms with E-state index in [1.807, 2.05) is 21.8 Å². The van der Waals surface area contributed by atoms with E-state index in [1.54, 1.807) is 30.5 Å². The molecule has 1 aliphatic rings. The van der Waals surface area contributed by atoms with Crippen molar-refractivity contribution in [2.45, 2.75) is 19.4 Å². The number of carbonyl (C=O) groups excluding carboxylic acids is 1. The Kier molecular flexibility index (Phi) is 5.18. The summed E-state index contributed by atoms with van der Waals surface area (Å²) in [7, 11) is 0. The smallest absolute Gasteiger partial charge is 0.260 e. The molecule has 0 atom stereocenters. The van der Waals surface area contributed by atoms with Crippen LogP contribution in [0.1, 0.15) is 12.8 Å². The van der Waals surface area contributed by atoms with Gasteiger partial charge in [-0.3, -0.25) is 9.48 Å². The second-order valence-electron chi connectivity index (χ2n) is 5.79. The lowest BCUT2D eigenvalue weighted by Crippen LogP contribution is -2.41. The number of carbonyl (C=O) groups is 1. The van der Waals surface area contributed by atoms with Crippen molar-refractivity contribution in [1.82, 2.24) is 14.7 Å². The highest BCUT2D eigenvalue weighted by Crippen LogP contribution is 2.20. The number of rotatable bonds is 5. The highest BCUT2D eigenvalue weighted by Gasteiger charge is 2.23. The number of ether oxygens (including phenoxy) is 1. The Bertz CT molecular complexity index is 620. The lowest BCUT2D eigenvalue weighted by atomic mass is 9.97. The van der Waals surface area contributed by atoms with Gasteiger partial charge in [0.25, 0.3) is 5.91 Å². The summed E-state index contributed by atoms with van der Waals surface area (Å²) < 4.78 is 7.49. The molecule has 0 N–H and O–H groups in total. The molecule has 1 fully saturated rings. The lowest BCUT2D eigenvalue weighted by Gasteiger charge is -2.31. The molecule has 1 amide bonds. The minimum atomic E-state index is 0.0393. The van der Waals surface area contributed by atoms with Crippen LogP contribution in [0.4, 0.5) is 0 Å². The van der Waals surface area contributed by atoms with Gasteiger partial charge in [0, 0.05) is 37.1 Å². The Hall–Kier alpha value is -2.01. The molecule has 5 nitrogen and oxygen atoms in total. The Morgan fingerprint density at radius 1 is 1.26 bits per heavy atom. The SMILES string of the molecule is O=C(COc1ccc(Cl)cc1)N1CCC(Cn2cccn2)CC1. The summed E-state index contributed by atoms with van der Waals surface area (Å²) in [5.41, 5.74) is 0. The zero-order valence-corrected chi connectivity index (χ0v) is 13.7. The fraction of sp³-hybridized carbons (Fsp3) is 0.412. The molecule has 0 radical (unpaired) electrons. The molecule has 0 aliphatic carbocycles. The van der Waals surface area contributed by atoms with Gasteiger partial charge in [-0.2, -0.15) is 5.10 Å². The predicted octanol–water partition coefficient (Wildman–Crippen LogP) is 2.85. The molecule has 1 aromatic carbocycles. The van der Waals surface area contributed by atoms with E-state index in [2.05, 4.69) is 5.10 Å². The summed E-state index contributed by atoms with van der Waals surface area (Å²) in [6.45, 7) is 2.57. The number of benzene rings is 1. The van der Waals surface area contributed by atoms with Gasteiger partial charge in [0.15, 0.2) is 6.61 Å². The van der Waals surface area contributed by atoms with Gasteiger partial charge in [-0.15, -0.1) is 0 Å². The minimum Gasteiger partial charge on any atom is -0.484 e. The topological polar surface area (TPSA) is 47.4 Å². The molecule has 0 saturated carbocycles. The van der Waals surface area contributed by atoms with Crippen LogP contribution in [-0.2, 0) is 11.3 Å². The average molecular weight is 334 g/mol. The first-order valence-electron chi connectivity index (χ1n) is 7.84. The maximum absolute atomic E-state index is 12.2. The van der Waals surface area contributed by atoms with Crippen LogP contribution in [-0.4, -0.2) is 40.3 Å². The monoisotopic (exact) mass is 333 g/mol. The maximum atomic E-state index is 12.2. The highest BCUT2D eigenvalue weighted by atomic mass is 35.5. The van der Waals surface area contributed by atoms with Gasteiger partial charge >= 0.3 is 0 Å². The zero-order chi connectivity index (χ0) is 16.1. The van der Waals surface area contributed by atoms with Crippen molar-refractivity contribution >= 4 is 17.5 Å². The van der Waals surface area contributed by atoms with Crippen LogP contribution in [0.2, 0.25) is 5.02 Å². The van der Waals surface area contributed by atoms with Crippen LogP contribution >= 0.6 is 11.6 Å². The second kappa shape index (κ2) is 7.51. The highest BCUT2D eigenvalue weighted by molar-refractivity contribution is 6.30. The minimum absolute atomic E-state index is 0.0393. The molecule has 6 heteroatoms. The van der Waals surface area contributed by atoms with Crippen LogP contribution in [0.5, 0.6) is 5.75 Å². The van der Waals surface area contributed by atoms with E-state index in [4.69, 9.17) is 16.3 Å². The van der Waals surface area contributed by atoms with Gasteiger partial charge in [-0.05, 0) is 49.1 Å². The molecule has 0 bridgehead atoms. The summed E-state index contributed by atoms with van der Waals surface area (Å²) in [4.78, 5) is 14.1. The first-order valence-corrected chi connectivity index (χ1v) is 8.22. The molecule has 23 heavy (non-hydrogen) atoms. The Morgan fingerprint density at radius 3 is 2.65 bits per heavy atom. The quantitative estimate of drug-likeness (QED) is 0.845. The first-order chi connectivity index (χ1) is 11.2. The van der Waals surface area contributed by atoms with E-state index >= 15 is 0 Å². The number of piperidine rings is 1. The van der Waals surface area contributed by atoms with Crippen LogP contribution in [0, 0.1) is 5.92 Å². The Morgan fingerprint density at radius 2 is 2.00 bits per heavy atom. The van der Waals surface area contributed by atoms with Crippen LogP contribution in [0.15, 0.2) is 42.7 Å². The maximum Gasteiger partial charge on any atom is 0.260 e. The second-order valence-corrected chi connectivity index (χ2v) is 6.23. The Balaban J connectivity index is 1.42. The van der Waals surface area contributed by atoms with Gasteiger partial charge in [0.1, 0.15) is 5.75 Å². The van der Waals surface area contributed by atoms with E-state index < -0.39 is 0 Å². The van der Waals surface area contributed by atoms with E-state index in [-0.39, 0.29) is 12.5 Å². The third-order valence-corrected chi connectivity index (χ3v) is 4.40. The van der Waals surface area contributed by atoms with Gasteiger partial charge in [-0.1, -0.05) is 11.6 Å². The van der Waals surface area contributed by atoms with E-state index in [1.165, 1.54) is 0 Å². The zero-order valence-electron chi connectivity index (χ0n) is 12.9. The molecule has 0 unspecified atom stereocenters. The van der Waals surface area contributed by atoms with Gasteiger partial charge in [-0.25, -0.2) is 0 Å². The number of hydrogen-bond acceptors (Lipinski definition) is 3. The van der Waals surface area contributed by atoms with Crippen molar-refractivity contribution in [3.05, 3.63) is 47.7 Å². The molecule has 1 saturated heterocycles. The molecule has 1 aromatic heterocycles. The molecule has 2 heterocycles. The van der Waals surface area contributed by atoms with E-state index in [9.17, 15) is 4.79 Å². The van der Waals surface area contributed by atoms with Crippen LogP contribution in [0.25, 0.3) is 0 Å². The predicted molar refractivity (Wildman–Crippen MR) is 88.5 cm³/mol. The summed E-state index contributed by atoms with van der Waals surface area (Å²) in [6, 6.07) is 8.98. The molecule has 122 valence electrons. The number of nitrogens with zero attached hydrogens (tertiary/aromatic N) is 3. The third kappa shape index (κ3) is 4.48.